The largest absolute Gasteiger partial charge is 0.391 e. The number of nitrogens with zero attached hydrogens (tertiary/aromatic N) is 1. The van der Waals surface area contributed by atoms with Gasteiger partial charge in [-0.15, -0.1) is 0 Å². The van der Waals surface area contributed by atoms with E-state index in [-0.39, 0.29) is 12.3 Å². The number of β-amino-alcohol motifs (C(OH)–C–C–N with tert-alkyl or cyclic N) is 1. The zero-order valence-electron chi connectivity index (χ0n) is 10.6. The molecule has 1 heterocycles. The number of aliphatic hydroxyl groups is 1. The molecule has 0 spiro atoms. The molecule has 0 aliphatic carbocycles. The molecule has 1 amide bonds. The van der Waals surface area contributed by atoms with Crippen LogP contribution in [0.2, 0.25) is 0 Å². The Balaban J connectivity index is 2.37. The predicted octanol–water partition coefficient (Wildman–Crippen LogP) is 2.22. The Morgan fingerprint density at radius 2 is 2.12 bits per heavy atom. The highest BCUT2D eigenvalue weighted by molar-refractivity contribution is 5.96. The molecule has 2 rings (SSSR count). The van der Waals surface area contributed by atoms with Gasteiger partial charge in [0.2, 0.25) is 5.91 Å². The van der Waals surface area contributed by atoms with Crippen LogP contribution in [-0.2, 0) is 4.79 Å². The van der Waals surface area contributed by atoms with E-state index in [1.807, 2.05) is 13.0 Å². The van der Waals surface area contributed by atoms with E-state index in [0.717, 1.165) is 11.3 Å². The fraction of sp³-hybridized carbons (Fsp3) is 0.500. The molecule has 0 bridgehead atoms. The van der Waals surface area contributed by atoms with Crippen LogP contribution < -0.4 is 4.90 Å². The standard InChI is InChI=1S/C14H19NO2/c1-9(2)11-5-4-10(3)13(6-11)15-8-12(16)7-14(15)17/h4-6,9,12,16H,7-8H2,1-3H3. The normalized spacial score (nSPS) is 20.4. The Kier molecular flexibility index (Phi) is 3.20. The van der Waals surface area contributed by atoms with E-state index in [0.29, 0.717) is 12.5 Å². The second-order valence-corrected chi connectivity index (χ2v) is 5.06. The summed E-state index contributed by atoms with van der Waals surface area (Å²) in [7, 11) is 0. The van der Waals surface area contributed by atoms with Gasteiger partial charge in [0, 0.05) is 5.69 Å². The van der Waals surface area contributed by atoms with E-state index in [2.05, 4.69) is 26.0 Å². The molecule has 1 atom stereocenters. The van der Waals surface area contributed by atoms with Crippen LogP contribution in [0.4, 0.5) is 5.69 Å². The zero-order chi connectivity index (χ0) is 12.6. The van der Waals surface area contributed by atoms with E-state index in [4.69, 9.17) is 0 Å². The number of anilines is 1. The van der Waals surface area contributed by atoms with Crippen molar-refractivity contribution in [3.05, 3.63) is 29.3 Å². The van der Waals surface area contributed by atoms with Gasteiger partial charge in [-0.05, 0) is 30.0 Å². The maximum atomic E-state index is 11.8. The summed E-state index contributed by atoms with van der Waals surface area (Å²) in [4.78, 5) is 13.5. The predicted molar refractivity (Wildman–Crippen MR) is 68.2 cm³/mol. The first-order valence-corrected chi connectivity index (χ1v) is 6.08. The van der Waals surface area contributed by atoms with Gasteiger partial charge in [0.05, 0.1) is 19.1 Å². The topological polar surface area (TPSA) is 40.5 Å². The highest BCUT2D eigenvalue weighted by Crippen LogP contribution is 2.28. The van der Waals surface area contributed by atoms with Crippen molar-refractivity contribution in [2.45, 2.75) is 39.2 Å². The number of aryl methyl sites for hydroxylation is 1. The minimum Gasteiger partial charge on any atom is -0.391 e. The molecular weight excluding hydrogens is 214 g/mol. The smallest absolute Gasteiger partial charge is 0.229 e. The quantitative estimate of drug-likeness (QED) is 0.850. The molecule has 92 valence electrons. The first-order chi connectivity index (χ1) is 7.99. The molecule has 1 aromatic carbocycles. The molecule has 0 saturated carbocycles. The van der Waals surface area contributed by atoms with Crippen molar-refractivity contribution in [1.29, 1.82) is 0 Å². The highest BCUT2D eigenvalue weighted by atomic mass is 16.3. The van der Waals surface area contributed by atoms with E-state index in [9.17, 15) is 9.90 Å². The van der Waals surface area contributed by atoms with Crippen molar-refractivity contribution in [2.24, 2.45) is 0 Å². The summed E-state index contributed by atoms with van der Waals surface area (Å²) in [5.74, 6) is 0.457. The molecule has 1 unspecified atom stereocenters. The third-order valence-corrected chi connectivity index (χ3v) is 3.30. The lowest BCUT2D eigenvalue weighted by Gasteiger charge is -2.20. The number of rotatable bonds is 2. The van der Waals surface area contributed by atoms with Crippen LogP contribution >= 0.6 is 0 Å². The number of aliphatic hydroxyl groups excluding tert-OH is 1. The van der Waals surface area contributed by atoms with Crippen molar-refractivity contribution in [3.63, 3.8) is 0 Å². The molecule has 1 fully saturated rings. The number of benzene rings is 1. The average molecular weight is 233 g/mol. The number of carbonyl (C=O) groups excluding carboxylic acids is 1. The van der Waals surface area contributed by atoms with E-state index in [1.165, 1.54) is 5.56 Å². The fourth-order valence-corrected chi connectivity index (χ4v) is 2.20. The van der Waals surface area contributed by atoms with Crippen molar-refractivity contribution in [2.75, 3.05) is 11.4 Å². The van der Waals surface area contributed by atoms with Crippen LogP contribution in [0.3, 0.4) is 0 Å². The molecule has 1 saturated heterocycles. The minimum absolute atomic E-state index is 0.0153. The molecule has 1 aliphatic heterocycles. The van der Waals surface area contributed by atoms with Crippen LogP contribution in [0.5, 0.6) is 0 Å². The Labute approximate surface area is 102 Å². The molecule has 17 heavy (non-hydrogen) atoms. The van der Waals surface area contributed by atoms with Gasteiger partial charge in [-0.3, -0.25) is 4.79 Å². The Morgan fingerprint density at radius 1 is 1.41 bits per heavy atom. The lowest BCUT2D eigenvalue weighted by molar-refractivity contribution is -0.117. The molecule has 3 nitrogen and oxygen atoms in total. The molecule has 3 heteroatoms. The van der Waals surface area contributed by atoms with E-state index >= 15 is 0 Å². The first-order valence-electron chi connectivity index (χ1n) is 6.08. The van der Waals surface area contributed by atoms with Crippen molar-refractivity contribution in [3.8, 4) is 0 Å². The molecule has 0 aromatic heterocycles. The summed E-state index contributed by atoms with van der Waals surface area (Å²) in [6.45, 7) is 6.68. The number of hydrogen-bond donors (Lipinski definition) is 1. The third kappa shape index (κ3) is 2.34. The van der Waals surface area contributed by atoms with Crippen molar-refractivity contribution >= 4 is 11.6 Å². The Bertz CT molecular complexity index is 440. The maximum Gasteiger partial charge on any atom is 0.229 e. The molecule has 1 N–H and O–H groups in total. The molecule has 1 aliphatic rings. The Hall–Kier alpha value is -1.35. The molecular formula is C14H19NO2. The van der Waals surface area contributed by atoms with Gasteiger partial charge < -0.3 is 10.0 Å². The molecule has 0 radical (unpaired) electrons. The summed E-state index contributed by atoms with van der Waals surface area (Å²) in [6, 6.07) is 6.21. The van der Waals surface area contributed by atoms with Gasteiger partial charge in [0.25, 0.3) is 0 Å². The summed E-state index contributed by atoms with van der Waals surface area (Å²) in [5.41, 5.74) is 3.24. The van der Waals surface area contributed by atoms with Crippen LogP contribution in [0.1, 0.15) is 37.3 Å². The van der Waals surface area contributed by atoms with E-state index < -0.39 is 6.10 Å². The monoisotopic (exact) mass is 233 g/mol. The average Bonchev–Trinajstić information content (AvgIpc) is 2.58. The van der Waals surface area contributed by atoms with Crippen LogP contribution in [0.15, 0.2) is 18.2 Å². The maximum absolute atomic E-state index is 11.8. The summed E-state index contributed by atoms with van der Waals surface area (Å²) in [6.07, 6.45) is -0.282. The molecule has 1 aromatic rings. The fourth-order valence-electron chi connectivity index (χ4n) is 2.20. The number of carbonyl (C=O) groups is 1. The van der Waals surface area contributed by atoms with Crippen molar-refractivity contribution < 1.29 is 9.90 Å². The van der Waals surface area contributed by atoms with Gasteiger partial charge in [-0.2, -0.15) is 0 Å². The van der Waals surface area contributed by atoms with E-state index in [1.54, 1.807) is 4.90 Å². The van der Waals surface area contributed by atoms with Gasteiger partial charge in [0.15, 0.2) is 0 Å². The number of amides is 1. The van der Waals surface area contributed by atoms with Crippen molar-refractivity contribution in [1.82, 2.24) is 0 Å². The van der Waals surface area contributed by atoms with Gasteiger partial charge in [0.1, 0.15) is 0 Å². The minimum atomic E-state index is -0.524. The van der Waals surface area contributed by atoms with Gasteiger partial charge >= 0.3 is 0 Å². The lowest BCUT2D eigenvalue weighted by Crippen LogP contribution is -2.26. The van der Waals surface area contributed by atoms with Gasteiger partial charge in [-0.1, -0.05) is 26.0 Å². The van der Waals surface area contributed by atoms with Crippen LogP contribution in [0, 0.1) is 6.92 Å². The second-order valence-electron chi connectivity index (χ2n) is 5.06. The Morgan fingerprint density at radius 3 is 2.65 bits per heavy atom. The highest BCUT2D eigenvalue weighted by Gasteiger charge is 2.30. The lowest BCUT2D eigenvalue weighted by atomic mass is 10.0. The first kappa shape index (κ1) is 12.1. The third-order valence-electron chi connectivity index (χ3n) is 3.30. The van der Waals surface area contributed by atoms with Gasteiger partial charge in [-0.25, -0.2) is 0 Å². The summed E-state index contributed by atoms with van der Waals surface area (Å²) in [5, 5.41) is 9.54. The number of hydrogen-bond acceptors (Lipinski definition) is 2. The van der Waals surface area contributed by atoms with Crippen LogP contribution in [-0.4, -0.2) is 23.7 Å². The zero-order valence-corrected chi connectivity index (χ0v) is 10.6. The summed E-state index contributed by atoms with van der Waals surface area (Å²) < 4.78 is 0. The SMILES string of the molecule is Cc1ccc(C(C)C)cc1N1CC(O)CC1=O. The summed E-state index contributed by atoms with van der Waals surface area (Å²) >= 11 is 0. The van der Waals surface area contributed by atoms with Crippen LogP contribution in [0.25, 0.3) is 0 Å². The second kappa shape index (κ2) is 4.49.